The topological polar surface area (TPSA) is 75.2 Å². The van der Waals surface area contributed by atoms with Crippen molar-refractivity contribution in [1.82, 2.24) is 15.3 Å². The number of hydrogen-bond acceptors (Lipinski definition) is 4. The molecule has 1 aromatic heterocycles. The third-order valence-electron chi connectivity index (χ3n) is 2.56. The number of piperazine rings is 1. The number of rotatable bonds is 1. The number of nitrogens with zero attached hydrogens (tertiary/aromatic N) is 3. The number of hydrogen-bond donors (Lipinski definition) is 1. The lowest BCUT2D eigenvalue weighted by atomic mass is 10.1. The number of anilines is 1. The Labute approximate surface area is 92.7 Å². The van der Waals surface area contributed by atoms with Crippen molar-refractivity contribution in [2.24, 2.45) is 0 Å². The fourth-order valence-electron chi connectivity index (χ4n) is 1.68. The van der Waals surface area contributed by atoms with Crippen LogP contribution in [0.1, 0.15) is 13.8 Å². The number of nitrogens with one attached hydrogen (secondary N) is 1. The molecule has 0 aliphatic carbocycles. The molecule has 16 heavy (non-hydrogen) atoms. The van der Waals surface area contributed by atoms with E-state index in [0.717, 1.165) is 0 Å². The fraction of sp³-hybridized carbons (Fsp3) is 0.400. The predicted octanol–water partition coefficient (Wildman–Crippen LogP) is -0.284. The fourth-order valence-corrected chi connectivity index (χ4v) is 1.68. The average molecular weight is 220 g/mol. The number of carbonyl (C=O) groups excluding carboxylic acids is 2. The molecule has 0 radical (unpaired) electrons. The van der Waals surface area contributed by atoms with Gasteiger partial charge in [0.05, 0.1) is 18.1 Å². The minimum atomic E-state index is -0.533. The predicted molar refractivity (Wildman–Crippen MR) is 56.6 cm³/mol. The molecule has 1 aliphatic heterocycles. The Morgan fingerprint density at radius 3 is 2.50 bits per heavy atom. The van der Waals surface area contributed by atoms with E-state index in [1.54, 1.807) is 13.8 Å². The number of amides is 2. The molecule has 84 valence electrons. The van der Waals surface area contributed by atoms with Crippen LogP contribution in [0.15, 0.2) is 18.7 Å². The Balaban J connectivity index is 2.37. The summed E-state index contributed by atoms with van der Waals surface area (Å²) in [6, 6.07) is -1.04. The SMILES string of the molecule is CC1NC(=O)C(C)N(c2cncnc2)C1=O. The van der Waals surface area contributed by atoms with Crippen molar-refractivity contribution in [3.05, 3.63) is 18.7 Å². The van der Waals surface area contributed by atoms with E-state index >= 15 is 0 Å². The van der Waals surface area contributed by atoms with Gasteiger partial charge < -0.3 is 5.32 Å². The van der Waals surface area contributed by atoms with Gasteiger partial charge in [0.2, 0.25) is 11.8 Å². The van der Waals surface area contributed by atoms with Crippen LogP contribution >= 0.6 is 0 Å². The summed E-state index contributed by atoms with van der Waals surface area (Å²) in [6.07, 6.45) is 4.42. The monoisotopic (exact) mass is 220 g/mol. The van der Waals surface area contributed by atoms with Crippen LogP contribution in [0.3, 0.4) is 0 Å². The summed E-state index contributed by atoms with van der Waals surface area (Å²) in [6.45, 7) is 3.33. The van der Waals surface area contributed by atoms with E-state index < -0.39 is 12.1 Å². The van der Waals surface area contributed by atoms with Gasteiger partial charge in [0, 0.05) is 0 Å². The quantitative estimate of drug-likeness (QED) is 0.706. The van der Waals surface area contributed by atoms with Crippen molar-refractivity contribution in [1.29, 1.82) is 0 Å². The van der Waals surface area contributed by atoms with Crippen LogP contribution in [0.4, 0.5) is 5.69 Å². The lowest BCUT2D eigenvalue weighted by Gasteiger charge is -2.35. The second-order valence-corrected chi connectivity index (χ2v) is 3.71. The first-order chi connectivity index (χ1) is 7.61. The molecular weight excluding hydrogens is 208 g/mol. The molecule has 2 atom stereocenters. The number of carbonyl (C=O) groups is 2. The summed E-state index contributed by atoms with van der Waals surface area (Å²) in [5.74, 6) is -0.321. The second kappa shape index (κ2) is 3.88. The van der Waals surface area contributed by atoms with Crippen molar-refractivity contribution in [3.63, 3.8) is 0 Å². The van der Waals surface area contributed by atoms with E-state index in [1.165, 1.54) is 23.6 Å². The summed E-state index contributed by atoms with van der Waals surface area (Å²) < 4.78 is 0. The standard InChI is InChI=1S/C10H12N4O2/c1-6-10(16)14(7(2)9(15)13-6)8-3-11-5-12-4-8/h3-7H,1-2H3,(H,13,15). The maximum absolute atomic E-state index is 11.9. The second-order valence-electron chi connectivity index (χ2n) is 3.71. The maximum Gasteiger partial charge on any atom is 0.250 e. The highest BCUT2D eigenvalue weighted by Crippen LogP contribution is 2.18. The molecule has 2 amide bonds. The van der Waals surface area contributed by atoms with Gasteiger partial charge in [-0.2, -0.15) is 0 Å². The van der Waals surface area contributed by atoms with Crippen LogP contribution in [-0.2, 0) is 9.59 Å². The molecule has 0 spiro atoms. The van der Waals surface area contributed by atoms with Gasteiger partial charge in [-0.05, 0) is 13.8 Å². The highest BCUT2D eigenvalue weighted by molar-refractivity contribution is 6.07. The first kappa shape index (κ1) is 10.5. The maximum atomic E-state index is 11.9. The molecule has 2 unspecified atom stereocenters. The Morgan fingerprint density at radius 2 is 1.88 bits per heavy atom. The van der Waals surface area contributed by atoms with E-state index in [1.807, 2.05) is 0 Å². The average Bonchev–Trinajstić information content (AvgIpc) is 2.28. The lowest BCUT2D eigenvalue weighted by molar-refractivity contribution is -0.133. The highest BCUT2D eigenvalue weighted by atomic mass is 16.2. The van der Waals surface area contributed by atoms with E-state index in [0.29, 0.717) is 5.69 Å². The van der Waals surface area contributed by atoms with Crippen molar-refractivity contribution < 1.29 is 9.59 Å². The molecule has 6 nitrogen and oxygen atoms in total. The first-order valence-electron chi connectivity index (χ1n) is 4.99. The van der Waals surface area contributed by atoms with Crippen LogP contribution < -0.4 is 10.2 Å². The molecule has 1 aromatic rings. The molecular formula is C10H12N4O2. The first-order valence-corrected chi connectivity index (χ1v) is 4.99. The zero-order valence-corrected chi connectivity index (χ0v) is 9.04. The molecule has 1 aliphatic rings. The third kappa shape index (κ3) is 1.62. The highest BCUT2D eigenvalue weighted by Gasteiger charge is 2.36. The van der Waals surface area contributed by atoms with Gasteiger partial charge in [-0.3, -0.25) is 14.5 Å². The van der Waals surface area contributed by atoms with Crippen molar-refractivity contribution in [2.45, 2.75) is 25.9 Å². The molecule has 0 bridgehead atoms. The van der Waals surface area contributed by atoms with Crippen molar-refractivity contribution in [2.75, 3.05) is 4.90 Å². The van der Waals surface area contributed by atoms with Gasteiger partial charge in [-0.15, -0.1) is 0 Å². The van der Waals surface area contributed by atoms with Crippen molar-refractivity contribution >= 4 is 17.5 Å². The number of aromatic nitrogens is 2. The Morgan fingerprint density at radius 1 is 1.25 bits per heavy atom. The van der Waals surface area contributed by atoms with Gasteiger partial charge in [0.15, 0.2) is 0 Å². The summed E-state index contributed by atoms with van der Waals surface area (Å²) >= 11 is 0. The van der Waals surface area contributed by atoms with Gasteiger partial charge in [-0.1, -0.05) is 0 Å². The molecule has 0 saturated carbocycles. The van der Waals surface area contributed by atoms with Crippen LogP contribution in [0.25, 0.3) is 0 Å². The van der Waals surface area contributed by atoms with E-state index in [9.17, 15) is 9.59 Å². The molecule has 0 aromatic carbocycles. The third-order valence-corrected chi connectivity index (χ3v) is 2.56. The van der Waals surface area contributed by atoms with Gasteiger partial charge >= 0.3 is 0 Å². The van der Waals surface area contributed by atoms with E-state index in [2.05, 4.69) is 15.3 Å². The largest absolute Gasteiger partial charge is 0.343 e. The van der Waals surface area contributed by atoms with E-state index in [-0.39, 0.29) is 11.8 Å². The molecule has 1 N–H and O–H groups in total. The molecule has 2 heterocycles. The Kier molecular flexibility index (Phi) is 2.55. The lowest BCUT2D eigenvalue weighted by Crippen LogP contribution is -2.61. The van der Waals surface area contributed by atoms with Crippen molar-refractivity contribution in [3.8, 4) is 0 Å². The zero-order chi connectivity index (χ0) is 11.7. The Hall–Kier alpha value is -1.98. The smallest absolute Gasteiger partial charge is 0.250 e. The van der Waals surface area contributed by atoms with E-state index in [4.69, 9.17) is 0 Å². The summed E-state index contributed by atoms with van der Waals surface area (Å²) in [5, 5.41) is 2.61. The van der Waals surface area contributed by atoms with Gasteiger partial charge in [-0.25, -0.2) is 9.97 Å². The van der Waals surface area contributed by atoms with Crippen LogP contribution in [0.5, 0.6) is 0 Å². The minimum absolute atomic E-state index is 0.151. The summed E-state index contributed by atoms with van der Waals surface area (Å²) in [5.41, 5.74) is 0.543. The summed E-state index contributed by atoms with van der Waals surface area (Å²) in [4.78, 5) is 32.6. The van der Waals surface area contributed by atoms with Crippen LogP contribution in [0.2, 0.25) is 0 Å². The molecule has 1 fully saturated rings. The minimum Gasteiger partial charge on any atom is -0.343 e. The van der Waals surface area contributed by atoms with Gasteiger partial charge in [0.25, 0.3) is 0 Å². The molecule has 2 rings (SSSR count). The van der Waals surface area contributed by atoms with Crippen LogP contribution in [-0.4, -0.2) is 33.9 Å². The molecule has 6 heteroatoms. The normalized spacial score (nSPS) is 25.5. The van der Waals surface area contributed by atoms with Gasteiger partial charge in [0.1, 0.15) is 18.4 Å². The zero-order valence-electron chi connectivity index (χ0n) is 9.04. The summed E-state index contributed by atoms with van der Waals surface area (Å²) in [7, 11) is 0. The van der Waals surface area contributed by atoms with Crippen LogP contribution in [0, 0.1) is 0 Å². The molecule has 1 saturated heterocycles. The Bertz CT molecular complexity index is 420.